The molecule has 0 aliphatic rings. The number of esters is 1. The Hall–Kier alpha value is -2.47. The second-order valence-corrected chi connectivity index (χ2v) is 6.39. The lowest BCUT2D eigenvalue weighted by Crippen LogP contribution is -2.31. The molecule has 0 radical (unpaired) electrons. The van der Waals surface area contributed by atoms with Crippen molar-refractivity contribution >= 4 is 29.0 Å². The molecule has 1 aromatic carbocycles. The van der Waals surface area contributed by atoms with Crippen LogP contribution in [0.15, 0.2) is 35.7 Å². The lowest BCUT2D eigenvalue weighted by atomic mass is 9.98. The van der Waals surface area contributed by atoms with Crippen LogP contribution in [0.1, 0.15) is 45.0 Å². The van der Waals surface area contributed by atoms with E-state index in [9.17, 15) is 14.4 Å². The number of rotatable bonds is 8. The fourth-order valence-electron chi connectivity index (χ4n) is 2.33. The van der Waals surface area contributed by atoms with Crippen molar-refractivity contribution in [3.05, 3.63) is 57.3 Å². The van der Waals surface area contributed by atoms with Crippen LogP contribution in [-0.4, -0.2) is 30.8 Å². The highest BCUT2D eigenvalue weighted by atomic mass is 32.1. The van der Waals surface area contributed by atoms with E-state index in [2.05, 4.69) is 5.32 Å². The van der Waals surface area contributed by atoms with Gasteiger partial charge in [-0.05, 0) is 41.5 Å². The zero-order chi connectivity index (χ0) is 18.2. The molecule has 5 nitrogen and oxygen atoms in total. The molecule has 0 saturated carbocycles. The average molecular weight is 359 g/mol. The molecule has 25 heavy (non-hydrogen) atoms. The molecule has 0 aliphatic heterocycles. The van der Waals surface area contributed by atoms with Crippen LogP contribution >= 0.6 is 11.3 Å². The van der Waals surface area contributed by atoms with Gasteiger partial charge in [0.1, 0.15) is 6.54 Å². The van der Waals surface area contributed by atoms with Crippen molar-refractivity contribution in [2.45, 2.75) is 26.7 Å². The van der Waals surface area contributed by atoms with Gasteiger partial charge in [-0.15, -0.1) is 11.3 Å². The Labute approximate surface area is 151 Å². The molecule has 0 atom stereocenters. The molecule has 0 fully saturated rings. The lowest BCUT2D eigenvalue weighted by molar-refractivity contribution is -0.141. The molecule has 132 valence electrons. The van der Waals surface area contributed by atoms with Gasteiger partial charge in [-0.1, -0.05) is 32.0 Å². The molecule has 0 bridgehead atoms. The second-order valence-electron chi connectivity index (χ2n) is 5.44. The number of Topliss-reactive ketones (excluding diaryl/α,β-unsaturated/α-hetero) is 1. The van der Waals surface area contributed by atoms with E-state index in [1.54, 1.807) is 17.5 Å². The van der Waals surface area contributed by atoms with Gasteiger partial charge in [-0.3, -0.25) is 14.4 Å². The summed E-state index contributed by atoms with van der Waals surface area (Å²) < 4.78 is 5.00. The van der Waals surface area contributed by atoms with Gasteiger partial charge in [-0.25, -0.2) is 0 Å². The van der Waals surface area contributed by atoms with Crippen molar-refractivity contribution in [1.82, 2.24) is 5.32 Å². The molecule has 1 amide bonds. The summed E-state index contributed by atoms with van der Waals surface area (Å²) in [7, 11) is 0. The van der Waals surface area contributed by atoms with Gasteiger partial charge in [-0.2, -0.15) is 0 Å². The van der Waals surface area contributed by atoms with Crippen molar-refractivity contribution in [2.75, 3.05) is 13.2 Å². The minimum Gasteiger partial charge on any atom is -0.456 e. The van der Waals surface area contributed by atoms with Crippen LogP contribution in [-0.2, 0) is 22.4 Å². The Morgan fingerprint density at radius 3 is 2.56 bits per heavy atom. The summed E-state index contributed by atoms with van der Waals surface area (Å²) in [5.41, 5.74) is 2.59. The van der Waals surface area contributed by atoms with E-state index in [-0.39, 0.29) is 24.8 Å². The Bertz CT molecular complexity index is 753. The van der Waals surface area contributed by atoms with E-state index in [0.717, 1.165) is 24.0 Å². The fourth-order valence-corrected chi connectivity index (χ4v) is 2.97. The molecule has 0 spiro atoms. The quantitative estimate of drug-likeness (QED) is 0.581. The average Bonchev–Trinajstić information content (AvgIpc) is 3.18. The largest absolute Gasteiger partial charge is 0.456 e. The van der Waals surface area contributed by atoms with Crippen molar-refractivity contribution in [1.29, 1.82) is 0 Å². The highest BCUT2D eigenvalue weighted by molar-refractivity contribution is 7.12. The van der Waals surface area contributed by atoms with Crippen molar-refractivity contribution in [3.63, 3.8) is 0 Å². The van der Waals surface area contributed by atoms with Crippen molar-refractivity contribution in [2.24, 2.45) is 0 Å². The highest BCUT2D eigenvalue weighted by Crippen LogP contribution is 2.14. The molecule has 2 aromatic rings. The maximum absolute atomic E-state index is 12.4. The van der Waals surface area contributed by atoms with E-state index in [1.165, 1.54) is 11.3 Å². The van der Waals surface area contributed by atoms with Crippen molar-refractivity contribution < 1.29 is 19.1 Å². The first-order valence-corrected chi connectivity index (χ1v) is 9.05. The molecule has 1 N–H and O–H groups in total. The van der Waals surface area contributed by atoms with Crippen LogP contribution in [0.4, 0.5) is 0 Å². The van der Waals surface area contributed by atoms with Crippen LogP contribution in [0.5, 0.6) is 0 Å². The van der Waals surface area contributed by atoms with E-state index in [1.807, 2.05) is 32.0 Å². The smallest absolute Gasteiger partial charge is 0.325 e. The third kappa shape index (κ3) is 5.26. The summed E-state index contributed by atoms with van der Waals surface area (Å²) in [6.45, 7) is 3.41. The predicted octanol–water partition coefficient (Wildman–Crippen LogP) is 3.03. The van der Waals surface area contributed by atoms with Gasteiger partial charge >= 0.3 is 5.97 Å². The molecule has 0 unspecified atom stereocenters. The highest BCUT2D eigenvalue weighted by Gasteiger charge is 2.15. The number of ether oxygens (including phenoxy) is 1. The number of thiophene rings is 1. The Balaban J connectivity index is 1.87. The second kappa shape index (κ2) is 9.13. The normalized spacial score (nSPS) is 10.3. The van der Waals surface area contributed by atoms with Crippen LogP contribution in [0.2, 0.25) is 0 Å². The number of hydrogen-bond acceptors (Lipinski definition) is 5. The minimum absolute atomic E-state index is 0.231. The Kier molecular flexibility index (Phi) is 6.89. The molecule has 0 aliphatic carbocycles. The van der Waals surface area contributed by atoms with E-state index in [0.29, 0.717) is 10.4 Å². The fraction of sp³-hybridized carbons (Fsp3) is 0.316. The monoisotopic (exact) mass is 359 g/mol. The summed E-state index contributed by atoms with van der Waals surface area (Å²) in [4.78, 5) is 36.4. The SMILES string of the molecule is CCc1ccc(CC)c(C(=O)COC(=O)CNC(=O)c2cccs2)c1. The summed E-state index contributed by atoms with van der Waals surface area (Å²) in [5, 5.41) is 4.25. The number of aryl methyl sites for hydroxylation is 2. The number of hydrogen-bond donors (Lipinski definition) is 1. The zero-order valence-electron chi connectivity index (χ0n) is 14.3. The number of benzene rings is 1. The molecule has 2 rings (SSSR count). The molecule has 6 heteroatoms. The number of ketones is 1. The van der Waals surface area contributed by atoms with Crippen LogP contribution in [0.3, 0.4) is 0 Å². The maximum atomic E-state index is 12.4. The predicted molar refractivity (Wildman–Crippen MR) is 97.1 cm³/mol. The van der Waals surface area contributed by atoms with Gasteiger partial charge in [0.2, 0.25) is 5.78 Å². The van der Waals surface area contributed by atoms with Crippen LogP contribution in [0.25, 0.3) is 0 Å². The number of carbonyl (C=O) groups is 3. The first-order chi connectivity index (χ1) is 12.0. The first kappa shape index (κ1) is 18.9. The lowest BCUT2D eigenvalue weighted by Gasteiger charge is -2.10. The number of carbonyl (C=O) groups excluding carboxylic acids is 3. The van der Waals surface area contributed by atoms with Gasteiger partial charge in [0, 0.05) is 5.56 Å². The first-order valence-electron chi connectivity index (χ1n) is 8.17. The minimum atomic E-state index is -0.636. The van der Waals surface area contributed by atoms with Gasteiger partial charge in [0.15, 0.2) is 6.61 Å². The van der Waals surface area contributed by atoms with Crippen molar-refractivity contribution in [3.8, 4) is 0 Å². The molecular formula is C19H21NO4S. The zero-order valence-corrected chi connectivity index (χ0v) is 15.2. The third-order valence-corrected chi connectivity index (χ3v) is 4.63. The molecule has 0 saturated heterocycles. The van der Waals surface area contributed by atoms with Gasteiger partial charge in [0.05, 0.1) is 4.88 Å². The van der Waals surface area contributed by atoms with Gasteiger partial charge < -0.3 is 10.1 Å². The number of nitrogens with one attached hydrogen (secondary N) is 1. The summed E-state index contributed by atoms with van der Waals surface area (Å²) in [6.07, 6.45) is 1.56. The topological polar surface area (TPSA) is 72.5 Å². The molecular weight excluding hydrogens is 338 g/mol. The Morgan fingerprint density at radius 1 is 1.12 bits per heavy atom. The van der Waals surface area contributed by atoms with E-state index < -0.39 is 5.97 Å². The molecule has 1 aromatic heterocycles. The number of amides is 1. The standard InChI is InChI=1S/C19H21NO4S/c1-3-13-7-8-14(4-2)15(10-13)16(21)12-24-18(22)11-20-19(23)17-6-5-9-25-17/h5-10H,3-4,11-12H2,1-2H3,(H,20,23). The van der Waals surface area contributed by atoms with Crippen LogP contribution in [0, 0.1) is 0 Å². The van der Waals surface area contributed by atoms with E-state index in [4.69, 9.17) is 4.74 Å². The summed E-state index contributed by atoms with van der Waals surface area (Å²) >= 11 is 1.29. The molecule has 1 heterocycles. The van der Waals surface area contributed by atoms with Crippen LogP contribution < -0.4 is 5.32 Å². The third-order valence-electron chi connectivity index (χ3n) is 3.77. The van der Waals surface area contributed by atoms with Gasteiger partial charge in [0.25, 0.3) is 5.91 Å². The van der Waals surface area contributed by atoms with E-state index >= 15 is 0 Å². The summed E-state index contributed by atoms with van der Waals surface area (Å²) in [6, 6.07) is 9.22. The summed E-state index contributed by atoms with van der Waals surface area (Å²) in [5.74, 6) is -1.20. The Morgan fingerprint density at radius 2 is 1.92 bits per heavy atom. The maximum Gasteiger partial charge on any atom is 0.325 e.